The Balaban J connectivity index is 1.85. The lowest BCUT2D eigenvalue weighted by Crippen LogP contribution is -2.45. The zero-order valence-electron chi connectivity index (χ0n) is 18.5. The van der Waals surface area contributed by atoms with Gasteiger partial charge in [0.25, 0.3) is 5.91 Å². The average Bonchev–Trinajstić information content (AvgIpc) is 3.01. The van der Waals surface area contributed by atoms with Crippen molar-refractivity contribution < 1.29 is 27.5 Å². The Morgan fingerprint density at radius 1 is 1.13 bits per heavy atom. The highest BCUT2D eigenvalue weighted by molar-refractivity contribution is 7.91. The van der Waals surface area contributed by atoms with Crippen LogP contribution in [-0.4, -0.2) is 62.5 Å². The van der Waals surface area contributed by atoms with Crippen molar-refractivity contribution in [2.75, 3.05) is 31.3 Å². The van der Waals surface area contributed by atoms with E-state index >= 15 is 0 Å². The molecular weight excluding hydrogens is 406 g/mol. The molecule has 0 aliphatic carbocycles. The Labute approximate surface area is 179 Å². The van der Waals surface area contributed by atoms with Gasteiger partial charge in [0.05, 0.1) is 11.5 Å². The molecule has 1 aliphatic rings. The van der Waals surface area contributed by atoms with E-state index in [1.807, 2.05) is 26.0 Å². The van der Waals surface area contributed by atoms with Gasteiger partial charge in [-0.25, -0.2) is 13.2 Å². The highest BCUT2D eigenvalue weighted by Gasteiger charge is 2.35. The number of carbonyl (C=O) groups is 2. The number of nitrogens with zero attached hydrogens (tertiary/aromatic N) is 1. The van der Waals surface area contributed by atoms with Gasteiger partial charge in [0.2, 0.25) is 0 Å². The summed E-state index contributed by atoms with van der Waals surface area (Å²) in [6.45, 7) is 9.94. The average molecular weight is 440 g/mol. The van der Waals surface area contributed by atoms with Crippen molar-refractivity contribution in [1.82, 2.24) is 4.90 Å². The van der Waals surface area contributed by atoms with Gasteiger partial charge in [-0.05, 0) is 35.4 Å². The maximum absolute atomic E-state index is 12.6. The Morgan fingerprint density at radius 3 is 2.27 bits per heavy atom. The molecule has 1 saturated heterocycles. The molecule has 168 valence electrons. The van der Waals surface area contributed by atoms with Crippen molar-refractivity contribution in [3.8, 4) is 5.75 Å². The molecule has 0 radical (unpaired) electrons. The number of hydrogen-bond donors (Lipinski definition) is 0. The fourth-order valence-electron chi connectivity index (χ4n) is 3.33. The maximum Gasteiger partial charge on any atom is 0.344 e. The van der Waals surface area contributed by atoms with Crippen LogP contribution in [0.1, 0.15) is 46.6 Å². The molecule has 1 aliphatic heterocycles. The summed E-state index contributed by atoms with van der Waals surface area (Å²) in [4.78, 5) is 26.1. The molecule has 0 N–H and O–H groups in total. The van der Waals surface area contributed by atoms with Gasteiger partial charge in [0.15, 0.2) is 23.1 Å². The number of sulfone groups is 1. The molecule has 2 rings (SSSR count). The minimum Gasteiger partial charge on any atom is -0.482 e. The first-order chi connectivity index (χ1) is 13.9. The van der Waals surface area contributed by atoms with E-state index in [0.29, 0.717) is 18.7 Å². The maximum atomic E-state index is 12.6. The van der Waals surface area contributed by atoms with Crippen LogP contribution in [-0.2, 0) is 29.6 Å². The van der Waals surface area contributed by atoms with E-state index in [-0.39, 0.29) is 41.4 Å². The predicted molar refractivity (Wildman–Crippen MR) is 115 cm³/mol. The molecule has 1 amide bonds. The number of amides is 1. The van der Waals surface area contributed by atoms with E-state index in [9.17, 15) is 18.0 Å². The third-order valence-electron chi connectivity index (χ3n) is 4.97. The van der Waals surface area contributed by atoms with Crippen LogP contribution in [0.25, 0.3) is 0 Å². The highest BCUT2D eigenvalue weighted by atomic mass is 32.2. The largest absolute Gasteiger partial charge is 0.482 e. The number of benzene rings is 1. The zero-order chi connectivity index (χ0) is 22.5. The minimum atomic E-state index is -3.11. The van der Waals surface area contributed by atoms with Crippen LogP contribution < -0.4 is 4.74 Å². The third-order valence-corrected chi connectivity index (χ3v) is 6.72. The number of ether oxygens (including phenoxy) is 2. The van der Waals surface area contributed by atoms with Gasteiger partial charge in [0, 0.05) is 12.6 Å². The summed E-state index contributed by atoms with van der Waals surface area (Å²) in [5, 5.41) is 0. The van der Waals surface area contributed by atoms with E-state index in [1.165, 1.54) is 4.90 Å². The first-order valence-electron chi connectivity index (χ1n) is 10.3. The van der Waals surface area contributed by atoms with Gasteiger partial charge < -0.3 is 14.4 Å². The van der Waals surface area contributed by atoms with Gasteiger partial charge >= 0.3 is 5.97 Å². The molecule has 0 spiro atoms. The topological polar surface area (TPSA) is 90.0 Å². The SMILES string of the molecule is CC(C)CN(C(=O)COC(=O)COc1ccc(C(C)(C)C)cc1)[C@@H]1CCS(=O)(=O)C1. The molecule has 0 bridgehead atoms. The number of carbonyl (C=O) groups excluding carboxylic acids is 2. The fourth-order valence-corrected chi connectivity index (χ4v) is 5.06. The number of esters is 1. The molecular formula is C22H33NO6S. The minimum absolute atomic E-state index is 0.0261. The van der Waals surface area contributed by atoms with Gasteiger partial charge in [-0.1, -0.05) is 46.8 Å². The zero-order valence-corrected chi connectivity index (χ0v) is 19.3. The van der Waals surface area contributed by atoms with Crippen LogP contribution in [0.4, 0.5) is 0 Å². The highest BCUT2D eigenvalue weighted by Crippen LogP contribution is 2.24. The molecule has 1 heterocycles. The first kappa shape index (κ1) is 24.2. The summed E-state index contributed by atoms with van der Waals surface area (Å²) in [5.74, 6) is -0.259. The van der Waals surface area contributed by atoms with Gasteiger partial charge in [-0.3, -0.25) is 4.79 Å². The molecule has 1 aromatic rings. The molecule has 8 heteroatoms. The smallest absolute Gasteiger partial charge is 0.344 e. The van der Waals surface area contributed by atoms with E-state index in [0.717, 1.165) is 5.56 Å². The standard InChI is InChI=1S/C22H33NO6S/c1-16(2)12-23(18-10-11-30(26,27)15-18)20(24)13-29-21(25)14-28-19-8-6-17(7-9-19)22(3,4)5/h6-9,16,18H,10-15H2,1-5H3/t18-/m1/s1. The van der Waals surface area contributed by atoms with Crippen LogP contribution in [0.2, 0.25) is 0 Å². The fraction of sp³-hybridized carbons (Fsp3) is 0.636. The molecule has 0 aromatic heterocycles. The Kier molecular flexibility index (Phi) is 7.91. The lowest BCUT2D eigenvalue weighted by Gasteiger charge is -2.29. The van der Waals surface area contributed by atoms with E-state index in [2.05, 4.69) is 20.8 Å². The van der Waals surface area contributed by atoms with Crippen molar-refractivity contribution in [2.24, 2.45) is 5.92 Å². The van der Waals surface area contributed by atoms with E-state index in [1.54, 1.807) is 12.1 Å². The number of rotatable bonds is 8. The summed E-state index contributed by atoms with van der Waals surface area (Å²) in [5.41, 5.74) is 1.18. The van der Waals surface area contributed by atoms with Crippen molar-refractivity contribution in [3.63, 3.8) is 0 Å². The van der Waals surface area contributed by atoms with Crippen LogP contribution in [0.3, 0.4) is 0 Å². The Hall–Kier alpha value is -2.09. The monoisotopic (exact) mass is 439 g/mol. The summed E-state index contributed by atoms with van der Waals surface area (Å²) in [7, 11) is -3.11. The second-order valence-electron chi connectivity index (χ2n) is 9.22. The van der Waals surface area contributed by atoms with Gasteiger partial charge in [-0.2, -0.15) is 0 Å². The quantitative estimate of drug-likeness (QED) is 0.579. The molecule has 1 aromatic carbocycles. The van der Waals surface area contributed by atoms with E-state index < -0.39 is 22.4 Å². The number of hydrogen-bond acceptors (Lipinski definition) is 6. The van der Waals surface area contributed by atoms with Crippen molar-refractivity contribution in [3.05, 3.63) is 29.8 Å². The summed E-state index contributed by atoms with van der Waals surface area (Å²) < 4.78 is 34.1. The normalized spacial score (nSPS) is 18.3. The van der Waals surface area contributed by atoms with E-state index in [4.69, 9.17) is 9.47 Å². The van der Waals surface area contributed by atoms with Crippen LogP contribution in [0.5, 0.6) is 5.75 Å². The third kappa shape index (κ3) is 7.31. The molecule has 30 heavy (non-hydrogen) atoms. The molecule has 7 nitrogen and oxygen atoms in total. The van der Waals surface area contributed by atoms with Crippen LogP contribution in [0.15, 0.2) is 24.3 Å². The van der Waals surface area contributed by atoms with Crippen molar-refractivity contribution >= 4 is 21.7 Å². The molecule has 0 saturated carbocycles. The van der Waals surface area contributed by atoms with Gasteiger partial charge in [0.1, 0.15) is 5.75 Å². The lowest BCUT2D eigenvalue weighted by atomic mass is 9.87. The van der Waals surface area contributed by atoms with Crippen molar-refractivity contribution in [1.29, 1.82) is 0 Å². The second kappa shape index (κ2) is 9.81. The molecule has 1 atom stereocenters. The first-order valence-corrected chi connectivity index (χ1v) is 12.1. The van der Waals surface area contributed by atoms with Gasteiger partial charge in [-0.15, -0.1) is 0 Å². The second-order valence-corrected chi connectivity index (χ2v) is 11.4. The van der Waals surface area contributed by atoms with Crippen LogP contribution in [0, 0.1) is 5.92 Å². The Morgan fingerprint density at radius 2 is 1.77 bits per heavy atom. The lowest BCUT2D eigenvalue weighted by molar-refractivity contribution is -0.154. The van der Waals surface area contributed by atoms with Crippen LogP contribution >= 0.6 is 0 Å². The summed E-state index contributed by atoms with van der Waals surface area (Å²) in [6, 6.07) is 7.13. The summed E-state index contributed by atoms with van der Waals surface area (Å²) in [6.07, 6.45) is 0.419. The van der Waals surface area contributed by atoms with Crippen molar-refractivity contribution in [2.45, 2.75) is 52.5 Å². The predicted octanol–water partition coefficient (Wildman–Crippen LogP) is 2.58. The molecule has 1 fully saturated rings. The summed E-state index contributed by atoms with van der Waals surface area (Å²) >= 11 is 0. The Bertz CT molecular complexity index is 839. The molecule has 0 unspecified atom stereocenters.